The molecule has 110 valence electrons. The smallest absolute Gasteiger partial charge is 0.161 e. The number of benzene rings is 1. The zero-order valence-corrected chi connectivity index (χ0v) is 12.8. The third kappa shape index (κ3) is 2.33. The fourth-order valence-corrected chi connectivity index (χ4v) is 2.93. The van der Waals surface area contributed by atoms with Gasteiger partial charge in [-0.05, 0) is 32.1 Å². The number of para-hydroxylation sites is 1. The third-order valence-electron chi connectivity index (χ3n) is 3.87. The molecule has 3 rings (SSSR count). The Hall–Kier alpha value is -2.16. The minimum atomic E-state index is 0.635. The van der Waals surface area contributed by atoms with Gasteiger partial charge in [0.05, 0.1) is 13.2 Å². The average Bonchev–Trinajstić information content (AvgIpc) is 2.65. The molecule has 2 aromatic rings. The normalized spacial score (nSPS) is 14.2. The van der Waals surface area contributed by atoms with E-state index in [4.69, 9.17) is 9.47 Å². The van der Waals surface area contributed by atoms with Crippen LogP contribution in [0.4, 0.5) is 0 Å². The Balaban J connectivity index is 2.19. The van der Waals surface area contributed by atoms with Gasteiger partial charge in [-0.3, -0.25) is 0 Å². The van der Waals surface area contributed by atoms with E-state index in [9.17, 15) is 0 Å². The summed E-state index contributed by atoms with van der Waals surface area (Å²) in [7, 11) is 2.12. The average molecular weight is 283 g/mol. The first-order valence-corrected chi connectivity index (χ1v) is 7.50. The molecule has 0 fully saturated rings. The number of rotatable bonds is 4. The van der Waals surface area contributed by atoms with Gasteiger partial charge in [0.1, 0.15) is 0 Å². The van der Waals surface area contributed by atoms with E-state index >= 15 is 0 Å². The van der Waals surface area contributed by atoms with Crippen LogP contribution in [0.15, 0.2) is 41.9 Å². The first-order chi connectivity index (χ1) is 10.3. The van der Waals surface area contributed by atoms with Crippen LogP contribution in [0, 0.1) is 0 Å². The molecule has 0 amide bonds. The number of aryl methyl sites for hydroxylation is 1. The maximum atomic E-state index is 5.80. The molecule has 0 bridgehead atoms. The highest BCUT2D eigenvalue weighted by atomic mass is 16.5. The molecule has 0 saturated carbocycles. The number of allylic oxidation sites excluding steroid dienone is 1. The van der Waals surface area contributed by atoms with E-state index in [0.717, 1.165) is 17.9 Å². The van der Waals surface area contributed by atoms with Crippen molar-refractivity contribution in [1.29, 1.82) is 0 Å². The summed E-state index contributed by atoms with van der Waals surface area (Å²) in [4.78, 5) is 0. The van der Waals surface area contributed by atoms with E-state index in [1.807, 2.05) is 13.8 Å². The quantitative estimate of drug-likeness (QED) is 0.845. The minimum Gasteiger partial charge on any atom is -0.490 e. The van der Waals surface area contributed by atoms with Crippen molar-refractivity contribution < 1.29 is 9.47 Å². The standard InChI is InChI=1S/C18H21NO2/c1-4-20-17-11-10-16-14(12-18(17)21-5-2)13-8-6-7-9-15(13)19(16)3/h6-9,11-12H,4-5,10H2,1-3H3. The molecule has 0 saturated heterocycles. The largest absolute Gasteiger partial charge is 0.490 e. The fraction of sp³-hybridized carbons (Fsp3) is 0.333. The van der Waals surface area contributed by atoms with E-state index in [2.05, 4.69) is 48.0 Å². The third-order valence-corrected chi connectivity index (χ3v) is 3.87. The van der Waals surface area contributed by atoms with Crippen LogP contribution >= 0.6 is 0 Å². The van der Waals surface area contributed by atoms with Crippen molar-refractivity contribution in [1.82, 2.24) is 4.57 Å². The molecule has 1 aromatic carbocycles. The van der Waals surface area contributed by atoms with E-state index in [1.165, 1.54) is 22.2 Å². The zero-order chi connectivity index (χ0) is 14.8. The van der Waals surface area contributed by atoms with Gasteiger partial charge in [0.15, 0.2) is 11.5 Å². The lowest BCUT2D eigenvalue weighted by molar-refractivity contribution is 0.167. The molecule has 0 unspecified atom stereocenters. The van der Waals surface area contributed by atoms with Crippen molar-refractivity contribution in [3.8, 4) is 0 Å². The molecule has 0 radical (unpaired) electrons. The number of hydrogen-bond donors (Lipinski definition) is 0. The zero-order valence-electron chi connectivity index (χ0n) is 12.8. The summed E-state index contributed by atoms with van der Waals surface area (Å²) in [5.41, 5.74) is 3.79. The summed E-state index contributed by atoms with van der Waals surface area (Å²) in [5.74, 6) is 1.68. The Labute approximate surface area is 125 Å². The molecule has 0 atom stereocenters. The van der Waals surface area contributed by atoms with Crippen molar-refractivity contribution in [2.45, 2.75) is 20.3 Å². The lowest BCUT2D eigenvalue weighted by atomic mass is 10.1. The SMILES string of the molecule is CCOC1=CCc2c(c3ccccc3n2C)C=C1OCC. The highest BCUT2D eigenvalue weighted by Crippen LogP contribution is 2.32. The van der Waals surface area contributed by atoms with Gasteiger partial charge in [-0.15, -0.1) is 0 Å². The maximum absolute atomic E-state index is 5.80. The maximum Gasteiger partial charge on any atom is 0.161 e. The number of nitrogens with zero attached hydrogens (tertiary/aromatic N) is 1. The van der Waals surface area contributed by atoms with E-state index in [0.29, 0.717) is 13.2 Å². The van der Waals surface area contributed by atoms with Gasteiger partial charge in [-0.25, -0.2) is 0 Å². The van der Waals surface area contributed by atoms with E-state index < -0.39 is 0 Å². The van der Waals surface area contributed by atoms with Crippen LogP contribution in [0.3, 0.4) is 0 Å². The molecule has 0 N–H and O–H groups in total. The summed E-state index contributed by atoms with van der Waals surface area (Å²) >= 11 is 0. The van der Waals surface area contributed by atoms with E-state index in [1.54, 1.807) is 0 Å². The van der Waals surface area contributed by atoms with Crippen molar-refractivity contribution >= 4 is 17.0 Å². The molecule has 3 heteroatoms. The molecule has 21 heavy (non-hydrogen) atoms. The van der Waals surface area contributed by atoms with Crippen molar-refractivity contribution in [3.63, 3.8) is 0 Å². The van der Waals surface area contributed by atoms with Crippen LogP contribution in [-0.4, -0.2) is 17.8 Å². The predicted molar refractivity (Wildman–Crippen MR) is 85.9 cm³/mol. The van der Waals surface area contributed by atoms with Gasteiger partial charge < -0.3 is 14.0 Å². The molecular weight excluding hydrogens is 262 g/mol. The Kier molecular flexibility index (Phi) is 3.74. The van der Waals surface area contributed by atoms with E-state index in [-0.39, 0.29) is 0 Å². The monoisotopic (exact) mass is 283 g/mol. The molecule has 1 heterocycles. The van der Waals surface area contributed by atoms with Gasteiger partial charge >= 0.3 is 0 Å². The molecule has 0 spiro atoms. The molecule has 1 aromatic heterocycles. The van der Waals surface area contributed by atoms with Crippen molar-refractivity contribution in [2.75, 3.05) is 13.2 Å². The van der Waals surface area contributed by atoms with Gasteiger partial charge in [-0.2, -0.15) is 0 Å². The Bertz CT molecular complexity index is 722. The first kappa shape index (κ1) is 13.8. The molecular formula is C18H21NO2. The summed E-state index contributed by atoms with van der Waals surface area (Å²) in [6.07, 6.45) is 5.09. The van der Waals surface area contributed by atoms with Crippen LogP contribution in [-0.2, 0) is 22.9 Å². The summed E-state index contributed by atoms with van der Waals surface area (Å²) < 4.78 is 13.8. The molecule has 0 aliphatic heterocycles. The Morgan fingerprint density at radius 2 is 1.76 bits per heavy atom. The Morgan fingerprint density at radius 1 is 1.05 bits per heavy atom. The second kappa shape index (κ2) is 5.68. The van der Waals surface area contributed by atoms with Crippen LogP contribution in [0.25, 0.3) is 17.0 Å². The van der Waals surface area contributed by atoms with Crippen molar-refractivity contribution in [2.24, 2.45) is 7.05 Å². The lowest BCUT2D eigenvalue weighted by Crippen LogP contribution is -2.00. The van der Waals surface area contributed by atoms with Gasteiger partial charge in [-0.1, -0.05) is 18.2 Å². The highest BCUT2D eigenvalue weighted by Gasteiger charge is 2.19. The fourth-order valence-electron chi connectivity index (χ4n) is 2.93. The predicted octanol–water partition coefficient (Wildman–Crippen LogP) is 4.03. The van der Waals surface area contributed by atoms with Gasteiger partial charge in [0, 0.05) is 35.6 Å². The van der Waals surface area contributed by atoms with Crippen LogP contribution in [0.5, 0.6) is 0 Å². The summed E-state index contributed by atoms with van der Waals surface area (Å²) in [5, 5.41) is 1.26. The van der Waals surface area contributed by atoms with Crippen LogP contribution in [0.2, 0.25) is 0 Å². The van der Waals surface area contributed by atoms with Crippen LogP contribution < -0.4 is 0 Å². The minimum absolute atomic E-state index is 0.635. The Morgan fingerprint density at radius 3 is 2.52 bits per heavy atom. The first-order valence-electron chi connectivity index (χ1n) is 7.50. The van der Waals surface area contributed by atoms with Crippen molar-refractivity contribution in [3.05, 3.63) is 53.1 Å². The molecule has 3 nitrogen and oxygen atoms in total. The number of fused-ring (bicyclic) bond motifs is 3. The highest BCUT2D eigenvalue weighted by molar-refractivity contribution is 5.92. The summed E-state index contributed by atoms with van der Waals surface area (Å²) in [6.45, 7) is 5.28. The number of hydrogen-bond acceptors (Lipinski definition) is 2. The number of ether oxygens (including phenoxy) is 2. The summed E-state index contributed by atoms with van der Waals surface area (Å²) in [6, 6.07) is 8.49. The van der Waals surface area contributed by atoms with Crippen LogP contribution in [0.1, 0.15) is 25.1 Å². The van der Waals surface area contributed by atoms with Gasteiger partial charge in [0.25, 0.3) is 0 Å². The second-order valence-corrected chi connectivity index (χ2v) is 5.08. The topological polar surface area (TPSA) is 23.4 Å². The molecule has 1 aliphatic rings. The molecule has 1 aliphatic carbocycles. The van der Waals surface area contributed by atoms with Gasteiger partial charge in [0.2, 0.25) is 0 Å². The lowest BCUT2D eigenvalue weighted by Gasteiger charge is -2.12. The number of aromatic nitrogens is 1. The second-order valence-electron chi connectivity index (χ2n) is 5.08.